The van der Waals surface area contributed by atoms with Crippen LogP contribution in [0.4, 0.5) is 0 Å². The van der Waals surface area contributed by atoms with E-state index in [9.17, 15) is 0 Å². The van der Waals surface area contributed by atoms with Crippen LogP contribution in [-0.2, 0) is 0 Å². The Morgan fingerprint density at radius 2 is 2.08 bits per heavy atom. The number of aliphatic hydroxyl groups is 1. The zero-order chi connectivity index (χ0) is 10.3. The molecule has 0 amide bonds. The second-order valence-corrected chi connectivity index (χ2v) is 3.02. The van der Waals surface area contributed by atoms with Crippen LogP contribution in [0.1, 0.15) is 6.92 Å². The van der Waals surface area contributed by atoms with Crippen LogP contribution in [0, 0.1) is 0 Å². The van der Waals surface area contributed by atoms with E-state index >= 15 is 0 Å². The normalized spacial score (nSPS) is 12.3. The average Bonchev–Trinajstić information content (AvgIpc) is 2.13. The Bertz CT molecular complexity index is 159. The quantitative estimate of drug-likeness (QED) is 0.569. The van der Waals surface area contributed by atoms with Crippen molar-refractivity contribution in [1.82, 2.24) is 15.3 Å². The van der Waals surface area contributed by atoms with Crippen LogP contribution in [-0.4, -0.2) is 55.9 Å². The third-order valence-electron chi connectivity index (χ3n) is 2.01. The van der Waals surface area contributed by atoms with E-state index in [1.807, 2.05) is 33.1 Å². The summed E-state index contributed by atoms with van der Waals surface area (Å²) in [5, 5.41) is 10.7. The maximum atomic E-state index is 8.73. The lowest BCUT2D eigenvalue weighted by Crippen LogP contribution is -2.36. The van der Waals surface area contributed by atoms with Crippen molar-refractivity contribution in [1.29, 1.82) is 0 Å². The van der Waals surface area contributed by atoms with Crippen molar-refractivity contribution in [2.24, 2.45) is 0 Å². The van der Waals surface area contributed by atoms with Gasteiger partial charge in [-0.1, -0.05) is 6.08 Å². The Morgan fingerprint density at radius 1 is 1.46 bits per heavy atom. The second kappa shape index (κ2) is 6.88. The molecule has 4 nitrogen and oxygen atoms in total. The molecule has 0 aromatic rings. The lowest BCUT2D eigenvalue weighted by Gasteiger charge is -2.25. The third-order valence-corrected chi connectivity index (χ3v) is 2.01. The first-order valence-corrected chi connectivity index (χ1v) is 4.51. The molecule has 13 heavy (non-hydrogen) atoms. The Morgan fingerprint density at radius 3 is 2.46 bits per heavy atom. The monoisotopic (exact) mass is 187 g/mol. The highest BCUT2D eigenvalue weighted by atomic mass is 16.3. The van der Waals surface area contributed by atoms with Crippen molar-refractivity contribution in [3.05, 3.63) is 11.8 Å². The molecular weight excluding hydrogens is 166 g/mol. The summed E-state index contributed by atoms with van der Waals surface area (Å²) < 4.78 is 0. The van der Waals surface area contributed by atoms with Gasteiger partial charge in [-0.3, -0.25) is 4.90 Å². The standard InChI is InChI=1S/C9H21N3O/c1-5-9(12(4)10-2)8-11(3)6-7-13/h5,10,13H,6-8H2,1-4H3/b9-5-. The van der Waals surface area contributed by atoms with Gasteiger partial charge in [0.15, 0.2) is 0 Å². The fraction of sp³-hybridized carbons (Fsp3) is 0.778. The zero-order valence-corrected chi connectivity index (χ0v) is 9.04. The van der Waals surface area contributed by atoms with E-state index < -0.39 is 0 Å². The summed E-state index contributed by atoms with van der Waals surface area (Å²) >= 11 is 0. The van der Waals surface area contributed by atoms with E-state index in [1.165, 1.54) is 5.70 Å². The Kier molecular flexibility index (Phi) is 6.58. The van der Waals surface area contributed by atoms with Gasteiger partial charge in [-0.15, -0.1) is 0 Å². The molecule has 0 aromatic carbocycles. The number of allylic oxidation sites excluding steroid dienone is 1. The van der Waals surface area contributed by atoms with E-state index in [-0.39, 0.29) is 6.61 Å². The van der Waals surface area contributed by atoms with Crippen LogP contribution in [0.3, 0.4) is 0 Å². The first kappa shape index (κ1) is 12.4. The molecule has 0 heterocycles. The Labute approximate surface area is 80.8 Å². The van der Waals surface area contributed by atoms with Crippen LogP contribution in [0.5, 0.6) is 0 Å². The fourth-order valence-electron chi connectivity index (χ4n) is 1.06. The number of hydrogen-bond donors (Lipinski definition) is 2. The molecule has 0 saturated heterocycles. The van der Waals surface area contributed by atoms with Gasteiger partial charge in [0.2, 0.25) is 0 Å². The molecule has 2 N–H and O–H groups in total. The van der Waals surface area contributed by atoms with Gasteiger partial charge >= 0.3 is 0 Å². The molecule has 78 valence electrons. The van der Waals surface area contributed by atoms with E-state index in [0.29, 0.717) is 6.54 Å². The van der Waals surface area contributed by atoms with Crippen molar-refractivity contribution in [3.63, 3.8) is 0 Å². The summed E-state index contributed by atoms with van der Waals surface area (Å²) in [6.07, 6.45) is 2.06. The summed E-state index contributed by atoms with van der Waals surface area (Å²) in [6.45, 7) is 3.76. The third kappa shape index (κ3) is 4.87. The van der Waals surface area contributed by atoms with Crippen molar-refractivity contribution >= 4 is 0 Å². The molecule has 0 saturated carbocycles. The Hall–Kier alpha value is -0.580. The van der Waals surface area contributed by atoms with Gasteiger partial charge in [0.05, 0.1) is 6.61 Å². The molecule has 4 heteroatoms. The predicted octanol–water partition coefficient (Wildman–Crippen LogP) is -0.119. The molecule has 0 fully saturated rings. The number of aliphatic hydroxyl groups excluding tert-OH is 1. The summed E-state index contributed by atoms with van der Waals surface area (Å²) in [6, 6.07) is 0. The van der Waals surface area contributed by atoms with Gasteiger partial charge in [0, 0.05) is 32.9 Å². The molecule has 0 bridgehead atoms. The van der Waals surface area contributed by atoms with Crippen LogP contribution in [0.2, 0.25) is 0 Å². The van der Waals surface area contributed by atoms with Crippen LogP contribution >= 0.6 is 0 Å². The van der Waals surface area contributed by atoms with Crippen LogP contribution in [0.15, 0.2) is 11.8 Å². The summed E-state index contributed by atoms with van der Waals surface area (Å²) in [7, 11) is 5.85. The van der Waals surface area contributed by atoms with Gasteiger partial charge in [-0.25, -0.2) is 5.43 Å². The predicted molar refractivity (Wildman–Crippen MR) is 55.2 cm³/mol. The second-order valence-electron chi connectivity index (χ2n) is 3.02. The summed E-state index contributed by atoms with van der Waals surface area (Å²) in [5.74, 6) is 0. The zero-order valence-electron chi connectivity index (χ0n) is 9.04. The molecule has 0 aliphatic rings. The number of nitrogens with one attached hydrogen (secondary N) is 1. The Balaban J connectivity index is 3.98. The highest BCUT2D eigenvalue weighted by Gasteiger charge is 2.04. The van der Waals surface area contributed by atoms with Crippen molar-refractivity contribution in [2.45, 2.75) is 6.92 Å². The van der Waals surface area contributed by atoms with Gasteiger partial charge < -0.3 is 10.1 Å². The van der Waals surface area contributed by atoms with Crippen molar-refractivity contribution < 1.29 is 5.11 Å². The smallest absolute Gasteiger partial charge is 0.0558 e. The van der Waals surface area contributed by atoms with Gasteiger partial charge in [0.25, 0.3) is 0 Å². The first-order valence-electron chi connectivity index (χ1n) is 4.51. The molecule has 0 atom stereocenters. The minimum Gasteiger partial charge on any atom is -0.395 e. The number of hydrogen-bond acceptors (Lipinski definition) is 4. The van der Waals surface area contributed by atoms with Crippen LogP contribution < -0.4 is 5.43 Å². The maximum absolute atomic E-state index is 8.73. The maximum Gasteiger partial charge on any atom is 0.0558 e. The number of hydrazine groups is 1. The van der Waals surface area contributed by atoms with E-state index in [4.69, 9.17) is 5.11 Å². The molecule has 0 aliphatic carbocycles. The number of nitrogens with zero attached hydrogens (tertiary/aromatic N) is 2. The SMILES string of the molecule is C/C=C(/CN(C)CCO)N(C)NC. The van der Waals surface area contributed by atoms with E-state index in [0.717, 1.165) is 6.54 Å². The number of rotatable bonds is 6. The summed E-state index contributed by atoms with van der Waals surface area (Å²) in [5.41, 5.74) is 4.23. The topological polar surface area (TPSA) is 38.7 Å². The molecule has 0 unspecified atom stereocenters. The van der Waals surface area contributed by atoms with Crippen molar-refractivity contribution in [2.75, 3.05) is 40.8 Å². The van der Waals surface area contributed by atoms with E-state index in [1.54, 1.807) is 0 Å². The molecule has 0 spiro atoms. The van der Waals surface area contributed by atoms with Gasteiger partial charge in [0.1, 0.15) is 0 Å². The van der Waals surface area contributed by atoms with Gasteiger partial charge in [-0.05, 0) is 14.0 Å². The molecule has 0 radical (unpaired) electrons. The largest absolute Gasteiger partial charge is 0.395 e. The lowest BCUT2D eigenvalue weighted by molar-refractivity contribution is 0.212. The minimum absolute atomic E-state index is 0.205. The average molecular weight is 187 g/mol. The first-order chi connectivity index (χ1) is 6.15. The highest BCUT2D eigenvalue weighted by Crippen LogP contribution is 1.99. The summed E-state index contributed by atoms with van der Waals surface area (Å²) in [4.78, 5) is 2.07. The lowest BCUT2D eigenvalue weighted by atomic mass is 10.3. The van der Waals surface area contributed by atoms with Gasteiger partial charge in [-0.2, -0.15) is 0 Å². The minimum atomic E-state index is 0.205. The fourth-order valence-corrected chi connectivity index (χ4v) is 1.06. The number of likely N-dealkylation sites (N-methyl/N-ethyl adjacent to an activating group) is 2. The van der Waals surface area contributed by atoms with E-state index in [2.05, 4.69) is 16.4 Å². The molecule has 0 rings (SSSR count). The highest BCUT2D eigenvalue weighted by molar-refractivity contribution is 4.99. The molecular formula is C9H21N3O. The molecule has 0 aliphatic heterocycles. The van der Waals surface area contributed by atoms with Crippen molar-refractivity contribution in [3.8, 4) is 0 Å². The molecule has 0 aromatic heterocycles. The van der Waals surface area contributed by atoms with Crippen LogP contribution in [0.25, 0.3) is 0 Å².